The maximum Gasteiger partial charge on any atom is 0.359 e. The summed E-state index contributed by atoms with van der Waals surface area (Å²) in [5.41, 5.74) is 10.5. The third-order valence-electron chi connectivity index (χ3n) is 10.1. The summed E-state index contributed by atoms with van der Waals surface area (Å²) in [4.78, 5) is 42.6. The number of nitrogens with two attached hydrogens (primary N) is 1. The van der Waals surface area contributed by atoms with E-state index < -0.39 is 27.7 Å². The Labute approximate surface area is 325 Å². The molecule has 1 atom stereocenters. The number of sulfonamides is 1. The highest BCUT2D eigenvalue weighted by Gasteiger charge is 2.31. The number of carbonyl (C=O) groups is 3. The fourth-order valence-corrected chi connectivity index (χ4v) is 8.25. The topological polar surface area (TPSA) is 162 Å². The molecule has 4 N–H and O–H groups in total. The molecule has 1 aliphatic rings. The Morgan fingerprint density at radius 1 is 0.893 bits per heavy atom. The van der Waals surface area contributed by atoms with E-state index in [-0.39, 0.29) is 34.4 Å². The number of carbonyl (C=O) groups excluding carboxylic acids is 3. The molecule has 11 nitrogen and oxygen atoms in total. The molecule has 1 unspecified atom stereocenters. The maximum absolute atomic E-state index is 15.1. The summed E-state index contributed by atoms with van der Waals surface area (Å²) in [6.45, 7) is 4.77. The quantitative estimate of drug-likeness (QED) is 0.0876. The third kappa shape index (κ3) is 7.63. The summed E-state index contributed by atoms with van der Waals surface area (Å²) in [6.07, 6.45) is 2.62. The maximum atomic E-state index is 15.1. The number of ketones is 1. The second-order valence-corrected chi connectivity index (χ2v) is 15.4. The number of para-hydroxylation sites is 1. The molecule has 1 aliphatic heterocycles. The second kappa shape index (κ2) is 16.4. The Hall–Kier alpha value is -5.95. The van der Waals surface area contributed by atoms with Crippen LogP contribution in [0.1, 0.15) is 80.3 Å². The van der Waals surface area contributed by atoms with Crippen LogP contribution in [0, 0.1) is 0 Å². The van der Waals surface area contributed by atoms with Crippen LogP contribution < -0.4 is 15.8 Å². The number of amides is 1. The summed E-state index contributed by atoms with van der Waals surface area (Å²) < 4.78 is 36.6. The van der Waals surface area contributed by atoms with Crippen molar-refractivity contribution in [3.63, 3.8) is 0 Å². The molecule has 2 heterocycles. The minimum atomic E-state index is -4.31. The number of rotatable bonds is 13. The molecule has 0 radical (unpaired) electrons. The predicted molar refractivity (Wildman–Crippen MR) is 215 cm³/mol. The first-order valence-electron chi connectivity index (χ1n) is 18.8. The average molecular weight is 770 g/mol. The number of fused-ring (bicyclic) bond motifs is 2. The van der Waals surface area contributed by atoms with Gasteiger partial charge in [-0.3, -0.25) is 9.59 Å². The normalized spacial score (nSPS) is 13.9. The van der Waals surface area contributed by atoms with Gasteiger partial charge in [-0.2, -0.15) is 5.10 Å². The van der Waals surface area contributed by atoms with Crippen molar-refractivity contribution in [1.82, 2.24) is 19.8 Å². The molecule has 286 valence electrons. The van der Waals surface area contributed by atoms with Crippen LogP contribution in [0.15, 0.2) is 114 Å². The molecule has 12 heteroatoms. The van der Waals surface area contributed by atoms with Gasteiger partial charge in [-0.15, -0.1) is 0 Å². The van der Waals surface area contributed by atoms with Crippen LogP contribution >= 0.6 is 0 Å². The van der Waals surface area contributed by atoms with E-state index in [1.807, 2.05) is 54.6 Å². The van der Waals surface area contributed by atoms with Gasteiger partial charge in [0.25, 0.3) is 15.9 Å². The molecule has 5 aromatic carbocycles. The van der Waals surface area contributed by atoms with Gasteiger partial charge < -0.3 is 15.8 Å². The number of hydrogen-bond acceptors (Lipinski definition) is 9. The first kappa shape index (κ1) is 38.3. The highest BCUT2D eigenvalue weighted by molar-refractivity contribution is 7.90. The highest BCUT2D eigenvalue weighted by atomic mass is 32.2. The van der Waals surface area contributed by atoms with Crippen LogP contribution in [0.5, 0.6) is 0 Å². The van der Waals surface area contributed by atoms with E-state index in [0.29, 0.717) is 53.7 Å². The van der Waals surface area contributed by atoms with Crippen molar-refractivity contribution in [3.8, 4) is 16.8 Å². The zero-order valence-electron chi connectivity index (χ0n) is 31.2. The Morgan fingerprint density at radius 3 is 2.41 bits per heavy atom. The lowest BCUT2D eigenvalue weighted by Crippen LogP contribution is -2.41. The van der Waals surface area contributed by atoms with Gasteiger partial charge >= 0.3 is 5.97 Å². The zero-order chi connectivity index (χ0) is 39.4. The van der Waals surface area contributed by atoms with Gasteiger partial charge in [-0.25, -0.2) is 22.6 Å². The summed E-state index contributed by atoms with van der Waals surface area (Å²) in [5, 5.41) is 9.76. The SMILES string of the molecule is CCCCc1c(-c2ccc(C(=O)NS(=O)(=O)c3ccc4ccccc4c3)cc2C(=O)c2cccc3c2CC(CN)NC3)c(C(=O)OCC)nn1-c1ccccc1. The molecule has 0 saturated carbocycles. The predicted octanol–water partition coefficient (Wildman–Crippen LogP) is 6.53. The van der Waals surface area contributed by atoms with E-state index in [9.17, 15) is 18.0 Å². The molecule has 7 rings (SSSR count). The lowest BCUT2D eigenvalue weighted by atomic mass is 9.85. The van der Waals surface area contributed by atoms with Crippen molar-refractivity contribution in [3.05, 3.63) is 148 Å². The minimum Gasteiger partial charge on any atom is -0.461 e. The number of nitrogens with one attached hydrogen (secondary N) is 2. The molecular formula is C44H43N5O6S. The number of aromatic nitrogens is 2. The fraction of sp³-hybridized carbons (Fsp3) is 0.227. The van der Waals surface area contributed by atoms with E-state index in [2.05, 4.69) is 17.0 Å². The summed E-state index contributed by atoms with van der Waals surface area (Å²) in [5.74, 6) is -1.98. The second-order valence-electron chi connectivity index (χ2n) is 13.7. The molecule has 1 aromatic heterocycles. The van der Waals surface area contributed by atoms with E-state index in [0.717, 1.165) is 35.0 Å². The minimum absolute atomic E-state index is 0.0226. The van der Waals surface area contributed by atoms with E-state index in [1.165, 1.54) is 24.3 Å². The molecule has 6 aromatic rings. The molecule has 0 bridgehead atoms. The summed E-state index contributed by atoms with van der Waals surface area (Å²) >= 11 is 0. The Morgan fingerprint density at radius 2 is 1.66 bits per heavy atom. The van der Waals surface area contributed by atoms with Crippen LogP contribution in [-0.4, -0.2) is 55.1 Å². The van der Waals surface area contributed by atoms with Crippen LogP contribution in [-0.2, 0) is 34.1 Å². The molecule has 0 fully saturated rings. The van der Waals surface area contributed by atoms with Crippen molar-refractivity contribution in [1.29, 1.82) is 0 Å². The monoisotopic (exact) mass is 769 g/mol. The number of benzene rings is 5. The fourth-order valence-electron chi connectivity index (χ4n) is 7.24. The van der Waals surface area contributed by atoms with Crippen LogP contribution in [0.25, 0.3) is 27.6 Å². The largest absolute Gasteiger partial charge is 0.461 e. The first-order valence-corrected chi connectivity index (χ1v) is 20.3. The number of hydrogen-bond donors (Lipinski definition) is 3. The van der Waals surface area contributed by atoms with Crippen LogP contribution in [0.3, 0.4) is 0 Å². The van der Waals surface area contributed by atoms with Crippen LogP contribution in [0.2, 0.25) is 0 Å². The van der Waals surface area contributed by atoms with Gasteiger partial charge in [0.1, 0.15) is 0 Å². The lowest BCUT2D eigenvalue weighted by Gasteiger charge is -2.27. The van der Waals surface area contributed by atoms with Crippen LogP contribution in [0.4, 0.5) is 0 Å². The van der Waals surface area contributed by atoms with E-state index in [1.54, 1.807) is 41.9 Å². The highest BCUT2D eigenvalue weighted by Crippen LogP contribution is 2.36. The molecule has 0 aliphatic carbocycles. The first-order chi connectivity index (χ1) is 27.1. The average Bonchev–Trinajstić information content (AvgIpc) is 3.61. The number of ether oxygens (including phenoxy) is 1. The number of unbranched alkanes of at least 4 members (excludes halogenated alkanes) is 1. The van der Waals surface area contributed by atoms with E-state index >= 15 is 4.79 Å². The van der Waals surface area contributed by atoms with Gasteiger partial charge in [-0.05, 0) is 90.0 Å². The Bertz CT molecular complexity index is 2570. The van der Waals surface area contributed by atoms with Crippen molar-refractivity contribution in [2.75, 3.05) is 13.2 Å². The van der Waals surface area contributed by atoms with Crippen molar-refractivity contribution < 1.29 is 27.5 Å². The molecule has 56 heavy (non-hydrogen) atoms. The van der Waals surface area contributed by atoms with Gasteiger partial charge in [0, 0.05) is 41.4 Å². The summed E-state index contributed by atoms with van der Waals surface area (Å²) in [7, 11) is -4.31. The van der Waals surface area contributed by atoms with E-state index in [4.69, 9.17) is 15.6 Å². The lowest BCUT2D eigenvalue weighted by molar-refractivity contribution is 0.0519. The standard InChI is InChI=1S/C44H43N5O6S/c1-3-5-18-39-40(41(44(52)55-4-2)47-49(39)33-15-7-6-8-16-33)35-22-20-30(43(51)48-56(53,54)34-21-19-28-12-9-10-13-29(28)23-34)24-38(35)42(50)36-17-11-14-31-27-46-32(26-45)25-37(31)36/h6-17,19-24,32,46H,3-5,18,25-27,45H2,1-2H3,(H,48,51). The molecule has 0 saturated heterocycles. The molecular weight excluding hydrogens is 727 g/mol. The van der Waals surface area contributed by atoms with Gasteiger partial charge in [0.05, 0.1) is 22.9 Å². The van der Waals surface area contributed by atoms with Gasteiger partial charge in [0.15, 0.2) is 11.5 Å². The smallest absolute Gasteiger partial charge is 0.359 e. The third-order valence-corrected chi connectivity index (χ3v) is 11.4. The molecule has 1 amide bonds. The van der Waals surface area contributed by atoms with Crippen molar-refractivity contribution in [2.24, 2.45) is 5.73 Å². The Kier molecular flexibility index (Phi) is 11.2. The number of esters is 1. The van der Waals surface area contributed by atoms with Gasteiger partial charge in [-0.1, -0.05) is 86.1 Å². The zero-order valence-corrected chi connectivity index (χ0v) is 32.1. The number of nitrogens with zero attached hydrogens (tertiary/aromatic N) is 2. The molecule has 0 spiro atoms. The van der Waals surface area contributed by atoms with Crippen molar-refractivity contribution >= 4 is 38.5 Å². The summed E-state index contributed by atoms with van der Waals surface area (Å²) in [6, 6.07) is 31.3. The Balaban J connectivity index is 1.41. The van der Waals surface area contributed by atoms with Crippen molar-refractivity contribution in [2.45, 2.75) is 57.0 Å². The van der Waals surface area contributed by atoms with Gasteiger partial charge in [0.2, 0.25) is 0 Å².